The van der Waals surface area contributed by atoms with Gasteiger partial charge in [0.1, 0.15) is 6.10 Å². The third-order valence-corrected chi connectivity index (χ3v) is 2.13. The fourth-order valence-electron chi connectivity index (χ4n) is 1.34. The van der Waals surface area contributed by atoms with E-state index in [1.807, 2.05) is 19.1 Å². The highest BCUT2D eigenvalue weighted by Crippen LogP contribution is 2.20. The third-order valence-electron chi connectivity index (χ3n) is 2.13. The van der Waals surface area contributed by atoms with Gasteiger partial charge in [-0.25, -0.2) is 0 Å². The Morgan fingerprint density at radius 1 is 1.43 bits per heavy atom. The Morgan fingerprint density at radius 3 is 2.86 bits per heavy atom. The van der Waals surface area contributed by atoms with Gasteiger partial charge in [0.25, 0.3) is 0 Å². The minimum Gasteiger partial charge on any atom is -0.382 e. The second-order valence-electron chi connectivity index (χ2n) is 3.08. The van der Waals surface area contributed by atoms with Gasteiger partial charge in [0.05, 0.1) is 11.4 Å². The maximum atomic E-state index is 9.94. The predicted molar refractivity (Wildman–Crippen MR) is 51.6 cm³/mol. The summed E-state index contributed by atoms with van der Waals surface area (Å²) in [4.78, 5) is 4.08. The van der Waals surface area contributed by atoms with Gasteiger partial charge >= 0.3 is 0 Å². The van der Waals surface area contributed by atoms with E-state index >= 15 is 0 Å². The zero-order chi connectivity index (χ0) is 9.97. The first kappa shape index (κ1) is 8.90. The number of nitrogens with zero attached hydrogens (tertiary/aromatic N) is 2. The van der Waals surface area contributed by atoms with Gasteiger partial charge in [-0.15, -0.1) is 0 Å². The van der Waals surface area contributed by atoms with Crippen molar-refractivity contribution in [1.29, 1.82) is 0 Å². The summed E-state index contributed by atoms with van der Waals surface area (Å²) in [5.74, 6) is 0. The van der Waals surface area contributed by atoms with Crippen molar-refractivity contribution in [3.05, 3.63) is 47.5 Å². The van der Waals surface area contributed by atoms with Crippen molar-refractivity contribution in [3.8, 4) is 0 Å². The average molecular weight is 189 g/mol. The van der Waals surface area contributed by atoms with Gasteiger partial charge in [-0.3, -0.25) is 10.1 Å². The van der Waals surface area contributed by atoms with Crippen LogP contribution in [0.5, 0.6) is 0 Å². The van der Waals surface area contributed by atoms with Crippen molar-refractivity contribution >= 4 is 0 Å². The molecule has 0 amide bonds. The first-order valence-corrected chi connectivity index (χ1v) is 4.38. The Hall–Kier alpha value is -1.68. The molecule has 2 rings (SSSR count). The van der Waals surface area contributed by atoms with Crippen LogP contribution in [0.25, 0.3) is 0 Å². The van der Waals surface area contributed by atoms with Crippen molar-refractivity contribution < 1.29 is 5.11 Å². The molecular formula is C10H11N3O. The summed E-state index contributed by atoms with van der Waals surface area (Å²) in [5.41, 5.74) is 2.20. The molecule has 0 aromatic carbocycles. The number of H-pyrrole nitrogens is 1. The Labute approximate surface area is 81.6 Å². The maximum Gasteiger partial charge on any atom is 0.124 e. The van der Waals surface area contributed by atoms with Crippen molar-refractivity contribution in [2.45, 2.75) is 13.0 Å². The first-order chi connectivity index (χ1) is 6.79. The van der Waals surface area contributed by atoms with E-state index in [-0.39, 0.29) is 0 Å². The van der Waals surface area contributed by atoms with Gasteiger partial charge < -0.3 is 5.11 Å². The Balaban J connectivity index is 2.34. The van der Waals surface area contributed by atoms with Crippen molar-refractivity contribution in [2.75, 3.05) is 0 Å². The summed E-state index contributed by atoms with van der Waals surface area (Å²) < 4.78 is 0. The largest absolute Gasteiger partial charge is 0.382 e. The summed E-state index contributed by atoms with van der Waals surface area (Å²) in [6.45, 7) is 1.85. The number of aliphatic hydroxyl groups is 1. The summed E-state index contributed by atoms with van der Waals surface area (Å²) in [6, 6.07) is 5.45. The molecule has 4 nitrogen and oxygen atoms in total. The Kier molecular flexibility index (Phi) is 2.28. The molecule has 0 saturated carbocycles. The number of nitrogens with one attached hydrogen (secondary N) is 1. The number of pyridine rings is 1. The van der Waals surface area contributed by atoms with Crippen LogP contribution in [-0.4, -0.2) is 20.3 Å². The van der Waals surface area contributed by atoms with Crippen molar-refractivity contribution in [1.82, 2.24) is 15.2 Å². The van der Waals surface area contributed by atoms with E-state index in [1.165, 1.54) is 0 Å². The lowest BCUT2D eigenvalue weighted by molar-refractivity contribution is 0.214. The van der Waals surface area contributed by atoms with E-state index in [0.29, 0.717) is 5.69 Å². The van der Waals surface area contributed by atoms with Crippen LogP contribution in [-0.2, 0) is 0 Å². The fourth-order valence-corrected chi connectivity index (χ4v) is 1.34. The minimum atomic E-state index is -0.699. The molecule has 0 fully saturated rings. The topological polar surface area (TPSA) is 61.8 Å². The fraction of sp³-hybridized carbons (Fsp3) is 0.200. The molecule has 0 saturated heterocycles. The molecule has 0 bridgehead atoms. The van der Waals surface area contributed by atoms with Crippen LogP contribution in [0.2, 0.25) is 0 Å². The number of hydrogen-bond donors (Lipinski definition) is 2. The number of rotatable bonds is 2. The summed E-state index contributed by atoms with van der Waals surface area (Å²) in [6.07, 6.45) is 2.65. The van der Waals surface area contributed by atoms with Gasteiger partial charge in [-0.2, -0.15) is 5.10 Å². The van der Waals surface area contributed by atoms with E-state index in [0.717, 1.165) is 11.3 Å². The quantitative estimate of drug-likeness (QED) is 0.746. The Bertz CT molecular complexity index is 410. The van der Waals surface area contributed by atoms with Crippen LogP contribution in [0.4, 0.5) is 0 Å². The summed E-state index contributed by atoms with van der Waals surface area (Å²) >= 11 is 0. The molecule has 72 valence electrons. The maximum absolute atomic E-state index is 9.94. The lowest BCUT2D eigenvalue weighted by atomic mass is 10.1. The van der Waals surface area contributed by atoms with E-state index in [9.17, 15) is 5.11 Å². The zero-order valence-corrected chi connectivity index (χ0v) is 7.81. The summed E-state index contributed by atoms with van der Waals surface area (Å²) in [5, 5.41) is 16.6. The SMILES string of the molecule is Cc1n[nH]cc1C(O)c1ccccn1. The third kappa shape index (κ3) is 1.52. The van der Waals surface area contributed by atoms with Crippen LogP contribution >= 0.6 is 0 Å². The van der Waals surface area contributed by atoms with Gasteiger partial charge in [0.2, 0.25) is 0 Å². The molecule has 4 heteroatoms. The van der Waals surface area contributed by atoms with Gasteiger partial charge in [-0.1, -0.05) is 6.07 Å². The molecule has 2 aromatic rings. The first-order valence-electron chi connectivity index (χ1n) is 4.38. The molecule has 2 N–H and O–H groups in total. The molecule has 0 spiro atoms. The molecule has 2 heterocycles. The second-order valence-corrected chi connectivity index (χ2v) is 3.08. The average Bonchev–Trinajstić information content (AvgIpc) is 2.65. The van der Waals surface area contributed by atoms with E-state index < -0.39 is 6.10 Å². The number of aromatic nitrogens is 3. The van der Waals surface area contributed by atoms with Crippen LogP contribution in [0.3, 0.4) is 0 Å². The van der Waals surface area contributed by atoms with Crippen LogP contribution in [0.1, 0.15) is 23.1 Å². The van der Waals surface area contributed by atoms with Gasteiger partial charge in [-0.05, 0) is 19.1 Å². The van der Waals surface area contributed by atoms with E-state index in [2.05, 4.69) is 15.2 Å². The van der Waals surface area contributed by atoms with Crippen LogP contribution in [0.15, 0.2) is 30.6 Å². The molecule has 1 atom stereocenters. The van der Waals surface area contributed by atoms with Crippen molar-refractivity contribution in [3.63, 3.8) is 0 Å². The molecule has 0 aliphatic heterocycles. The number of hydrogen-bond acceptors (Lipinski definition) is 3. The second kappa shape index (κ2) is 3.59. The molecule has 0 radical (unpaired) electrons. The standard InChI is InChI=1S/C10H11N3O/c1-7-8(6-12-13-7)10(14)9-4-2-3-5-11-9/h2-6,10,14H,1H3,(H,12,13). The normalized spacial score (nSPS) is 12.7. The molecule has 2 aromatic heterocycles. The lowest BCUT2D eigenvalue weighted by Crippen LogP contribution is -2.02. The number of aryl methyl sites for hydroxylation is 1. The van der Waals surface area contributed by atoms with E-state index in [4.69, 9.17) is 0 Å². The van der Waals surface area contributed by atoms with Crippen molar-refractivity contribution in [2.24, 2.45) is 0 Å². The molecule has 14 heavy (non-hydrogen) atoms. The number of aromatic amines is 1. The zero-order valence-electron chi connectivity index (χ0n) is 7.81. The monoisotopic (exact) mass is 189 g/mol. The smallest absolute Gasteiger partial charge is 0.124 e. The van der Waals surface area contributed by atoms with E-state index in [1.54, 1.807) is 18.5 Å². The lowest BCUT2D eigenvalue weighted by Gasteiger charge is -2.07. The minimum absolute atomic E-state index is 0.636. The molecule has 1 unspecified atom stereocenters. The predicted octanol–water partition coefficient (Wildman–Crippen LogP) is 1.19. The molecule has 0 aliphatic rings. The Morgan fingerprint density at radius 2 is 2.29 bits per heavy atom. The van der Waals surface area contributed by atoms with Crippen LogP contribution < -0.4 is 0 Å². The number of aliphatic hydroxyl groups excluding tert-OH is 1. The van der Waals surface area contributed by atoms with Gasteiger partial charge in [0, 0.05) is 18.0 Å². The van der Waals surface area contributed by atoms with Crippen LogP contribution in [0, 0.1) is 6.92 Å². The highest BCUT2D eigenvalue weighted by molar-refractivity contribution is 5.25. The highest BCUT2D eigenvalue weighted by atomic mass is 16.3. The highest BCUT2D eigenvalue weighted by Gasteiger charge is 2.14. The molecular weight excluding hydrogens is 178 g/mol. The molecule has 0 aliphatic carbocycles. The van der Waals surface area contributed by atoms with Gasteiger partial charge in [0.15, 0.2) is 0 Å². The summed E-state index contributed by atoms with van der Waals surface area (Å²) in [7, 11) is 0.